The van der Waals surface area contributed by atoms with E-state index in [2.05, 4.69) is 25.4 Å². The van der Waals surface area contributed by atoms with E-state index in [9.17, 15) is 10.1 Å². The van der Waals surface area contributed by atoms with Gasteiger partial charge in [0.25, 0.3) is 5.69 Å². The van der Waals surface area contributed by atoms with Gasteiger partial charge in [-0.2, -0.15) is 5.10 Å². The van der Waals surface area contributed by atoms with Crippen molar-refractivity contribution >= 4 is 23.5 Å². The number of rotatable bonds is 5. The molecule has 1 saturated heterocycles. The fraction of sp³-hybridized carbons (Fsp3) is 0.312. The highest BCUT2D eigenvalue weighted by Gasteiger charge is 2.14. The molecule has 1 aromatic carbocycles. The van der Waals surface area contributed by atoms with Crippen LogP contribution in [0.5, 0.6) is 0 Å². The highest BCUT2D eigenvalue weighted by atomic mass is 16.6. The molecule has 130 valence electrons. The van der Waals surface area contributed by atoms with Gasteiger partial charge in [0.1, 0.15) is 11.6 Å². The summed E-state index contributed by atoms with van der Waals surface area (Å²) in [5.74, 6) is 1.95. The summed E-state index contributed by atoms with van der Waals surface area (Å²) in [5.41, 5.74) is 3.23. The zero-order valence-corrected chi connectivity index (χ0v) is 13.8. The Hall–Kier alpha value is -3.07. The zero-order valence-electron chi connectivity index (χ0n) is 13.8. The van der Waals surface area contributed by atoms with Crippen LogP contribution in [0.25, 0.3) is 0 Å². The van der Waals surface area contributed by atoms with Gasteiger partial charge in [-0.25, -0.2) is 9.97 Å². The number of nitrogens with one attached hydrogen (secondary N) is 1. The lowest BCUT2D eigenvalue weighted by Crippen LogP contribution is -2.36. The lowest BCUT2D eigenvalue weighted by molar-refractivity contribution is -0.385. The Balaban J connectivity index is 1.75. The van der Waals surface area contributed by atoms with Crippen molar-refractivity contribution in [1.82, 2.24) is 9.97 Å². The van der Waals surface area contributed by atoms with Gasteiger partial charge in [-0.1, -0.05) is 12.1 Å². The van der Waals surface area contributed by atoms with Crippen molar-refractivity contribution in [2.45, 2.75) is 6.92 Å². The molecule has 0 amide bonds. The highest BCUT2D eigenvalue weighted by molar-refractivity contribution is 5.85. The molecule has 1 aliphatic rings. The average molecular weight is 342 g/mol. The van der Waals surface area contributed by atoms with Gasteiger partial charge in [0.15, 0.2) is 5.82 Å². The summed E-state index contributed by atoms with van der Waals surface area (Å²) >= 11 is 0. The number of nitro benzene ring substituents is 1. The summed E-state index contributed by atoms with van der Waals surface area (Å²) < 4.78 is 5.35. The van der Waals surface area contributed by atoms with Crippen LogP contribution >= 0.6 is 0 Å². The third-order valence-corrected chi connectivity index (χ3v) is 3.68. The molecule has 3 rings (SSSR count). The number of anilines is 2. The molecule has 9 heteroatoms. The molecule has 0 saturated carbocycles. The van der Waals surface area contributed by atoms with Crippen molar-refractivity contribution in [2.24, 2.45) is 5.10 Å². The molecule has 0 bridgehead atoms. The van der Waals surface area contributed by atoms with E-state index in [4.69, 9.17) is 4.74 Å². The van der Waals surface area contributed by atoms with Crippen LogP contribution < -0.4 is 10.3 Å². The van der Waals surface area contributed by atoms with Gasteiger partial charge in [0, 0.05) is 25.2 Å². The van der Waals surface area contributed by atoms with Crippen molar-refractivity contribution in [2.75, 3.05) is 36.6 Å². The predicted octanol–water partition coefficient (Wildman–Crippen LogP) is 1.98. The fourth-order valence-electron chi connectivity index (χ4n) is 2.49. The lowest BCUT2D eigenvalue weighted by Gasteiger charge is -2.28. The van der Waals surface area contributed by atoms with Gasteiger partial charge in [0.05, 0.1) is 29.9 Å². The summed E-state index contributed by atoms with van der Waals surface area (Å²) in [7, 11) is 0. The molecule has 0 spiro atoms. The summed E-state index contributed by atoms with van der Waals surface area (Å²) in [6, 6.07) is 8.21. The van der Waals surface area contributed by atoms with Crippen LogP contribution in [0.4, 0.5) is 17.3 Å². The number of para-hydroxylation sites is 1. The van der Waals surface area contributed by atoms with Gasteiger partial charge in [-0.05, 0) is 13.0 Å². The van der Waals surface area contributed by atoms with Gasteiger partial charge >= 0.3 is 0 Å². The number of nitrogens with zero attached hydrogens (tertiary/aromatic N) is 5. The van der Waals surface area contributed by atoms with Crippen LogP contribution in [0, 0.1) is 17.0 Å². The Labute approximate surface area is 144 Å². The first-order chi connectivity index (χ1) is 12.1. The summed E-state index contributed by atoms with van der Waals surface area (Å²) in [4.78, 5) is 21.4. The molecule has 1 N–H and O–H groups in total. The Morgan fingerprint density at radius 2 is 2.08 bits per heavy atom. The van der Waals surface area contributed by atoms with Gasteiger partial charge < -0.3 is 9.64 Å². The van der Waals surface area contributed by atoms with Gasteiger partial charge in [0.2, 0.25) is 0 Å². The number of aryl methyl sites for hydroxylation is 1. The highest BCUT2D eigenvalue weighted by Crippen LogP contribution is 2.18. The molecule has 0 radical (unpaired) electrons. The Kier molecular flexibility index (Phi) is 5.14. The number of hydrogen-bond acceptors (Lipinski definition) is 8. The maximum Gasteiger partial charge on any atom is 0.278 e. The number of nitro groups is 1. The van der Waals surface area contributed by atoms with Gasteiger partial charge in [-0.15, -0.1) is 0 Å². The average Bonchev–Trinajstić information content (AvgIpc) is 2.62. The van der Waals surface area contributed by atoms with E-state index in [0.29, 0.717) is 30.4 Å². The number of hydrazone groups is 1. The van der Waals surface area contributed by atoms with E-state index in [1.54, 1.807) is 31.2 Å². The fourth-order valence-corrected chi connectivity index (χ4v) is 2.49. The Morgan fingerprint density at radius 3 is 2.84 bits per heavy atom. The smallest absolute Gasteiger partial charge is 0.278 e. The second-order valence-electron chi connectivity index (χ2n) is 5.44. The molecule has 0 atom stereocenters. The maximum atomic E-state index is 11.0. The lowest BCUT2D eigenvalue weighted by atomic mass is 10.2. The van der Waals surface area contributed by atoms with Crippen molar-refractivity contribution in [3.63, 3.8) is 0 Å². The first kappa shape index (κ1) is 16.8. The first-order valence-electron chi connectivity index (χ1n) is 7.84. The number of hydrogen-bond donors (Lipinski definition) is 1. The molecule has 0 unspecified atom stereocenters. The minimum absolute atomic E-state index is 0.000855. The minimum atomic E-state index is -0.438. The summed E-state index contributed by atoms with van der Waals surface area (Å²) in [5, 5.41) is 15.1. The maximum absolute atomic E-state index is 11.0. The first-order valence-corrected chi connectivity index (χ1v) is 7.84. The standard InChI is InChI=1S/C16H18N6O3/c1-12-18-15(10-16(19-12)21-6-8-25-9-7-21)20-17-11-13-4-2-3-5-14(13)22(23)24/h2-5,10-11H,6-9H2,1H3,(H,18,19,20)/b17-11-. The van der Waals surface area contributed by atoms with Crippen LogP contribution in [0.3, 0.4) is 0 Å². The number of aromatic nitrogens is 2. The van der Waals surface area contributed by atoms with E-state index in [-0.39, 0.29) is 5.69 Å². The number of morpholine rings is 1. The molecular formula is C16H18N6O3. The topological polar surface area (TPSA) is 106 Å². The van der Waals surface area contributed by atoms with Crippen LogP contribution in [0.2, 0.25) is 0 Å². The largest absolute Gasteiger partial charge is 0.378 e. The van der Waals surface area contributed by atoms with E-state index >= 15 is 0 Å². The molecule has 9 nitrogen and oxygen atoms in total. The van der Waals surface area contributed by atoms with Gasteiger partial charge in [-0.3, -0.25) is 15.5 Å². The molecule has 2 aromatic rings. The molecular weight excluding hydrogens is 324 g/mol. The summed E-state index contributed by atoms with van der Waals surface area (Å²) in [6.07, 6.45) is 1.41. The van der Waals surface area contributed by atoms with Crippen LogP contribution in [0.15, 0.2) is 35.4 Å². The quantitative estimate of drug-likeness (QED) is 0.503. The van der Waals surface area contributed by atoms with Crippen molar-refractivity contribution in [3.05, 3.63) is 51.8 Å². The number of benzene rings is 1. The zero-order chi connectivity index (χ0) is 17.6. The van der Waals surface area contributed by atoms with Crippen LogP contribution in [0.1, 0.15) is 11.4 Å². The molecule has 0 aliphatic carbocycles. The normalized spacial score (nSPS) is 14.7. The predicted molar refractivity (Wildman–Crippen MR) is 94.1 cm³/mol. The third kappa shape index (κ3) is 4.27. The van der Waals surface area contributed by atoms with Crippen molar-refractivity contribution in [3.8, 4) is 0 Å². The Morgan fingerprint density at radius 1 is 1.32 bits per heavy atom. The monoisotopic (exact) mass is 342 g/mol. The van der Waals surface area contributed by atoms with E-state index in [0.717, 1.165) is 18.9 Å². The molecule has 1 aromatic heterocycles. The number of ether oxygens (including phenoxy) is 1. The molecule has 2 heterocycles. The minimum Gasteiger partial charge on any atom is -0.378 e. The Bertz CT molecular complexity index is 789. The van der Waals surface area contributed by atoms with E-state index < -0.39 is 4.92 Å². The SMILES string of the molecule is Cc1nc(N/N=C\c2ccccc2[N+](=O)[O-])cc(N2CCOCC2)n1. The second-order valence-corrected chi connectivity index (χ2v) is 5.44. The molecule has 1 fully saturated rings. The van der Waals surface area contributed by atoms with E-state index in [1.165, 1.54) is 12.3 Å². The van der Waals surface area contributed by atoms with Crippen molar-refractivity contribution in [1.29, 1.82) is 0 Å². The van der Waals surface area contributed by atoms with Crippen LogP contribution in [-0.4, -0.2) is 47.4 Å². The molecule has 25 heavy (non-hydrogen) atoms. The summed E-state index contributed by atoms with van der Waals surface area (Å²) in [6.45, 7) is 4.69. The third-order valence-electron chi connectivity index (χ3n) is 3.68. The molecule has 1 aliphatic heterocycles. The van der Waals surface area contributed by atoms with Crippen LogP contribution in [-0.2, 0) is 4.74 Å². The second kappa shape index (κ2) is 7.67. The van der Waals surface area contributed by atoms with Crippen molar-refractivity contribution < 1.29 is 9.66 Å². The van der Waals surface area contributed by atoms with E-state index in [1.807, 2.05) is 0 Å².